The number of carbonyl (C=O) groups excluding carboxylic acids is 1. The van der Waals surface area contributed by atoms with E-state index >= 15 is 0 Å². The summed E-state index contributed by atoms with van der Waals surface area (Å²) in [4.78, 5) is 17.1. The Morgan fingerprint density at radius 3 is 2.50 bits per heavy atom. The molecular weight excluding hydrogens is 375 g/mol. The number of ether oxygens (including phenoxy) is 2. The van der Waals surface area contributed by atoms with Gasteiger partial charge in [-0.05, 0) is 37.1 Å². The predicted octanol–water partition coefficient (Wildman–Crippen LogP) is 3.95. The van der Waals surface area contributed by atoms with Gasteiger partial charge in [-0.2, -0.15) is 5.10 Å². The molecule has 0 amide bonds. The van der Waals surface area contributed by atoms with Crippen molar-refractivity contribution in [1.82, 2.24) is 15.2 Å². The molecule has 1 fully saturated rings. The molecule has 152 valence electrons. The van der Waals surface area contributed by atoms with Crippen LogP contribution >= 0.6 is 0 Å². The fraction of sp³-hybridized carbons (Fsp3) is 0.526. The number of benzene rings is 1. The van der Waals surface area contributed by atoms with Gasteiger partial charge in [0.1, 0.15) is 29.4 Å². The Balaban J connectivity index is 1.65. The summed E-state index contributed by atoms with van der Waals surface area (Å²) in [6.07, 6.45) is -1.30. The molecule has 1 aromatic carbocycles. The number of nitrogens with one attached hydrogen (secondary N) is 1. The number of halogens is 3. The number of Topliss-reactive ketones (excluding diaryl/α,β-unsaturated/α-hetero) is 1. The molecule has 2 aromatic rings. The normalized spacial score (nSPS) is 22.1. The first-order chi connectivity index (χ1) is 13.1. The lowest BCUT2D eigenvalue weighted by molar-refractivity contribution is -0.274. The van der Waals surface area contributed by atoms with Crippen molar-refractivity contribution in [3.05, 3.63) is 36.4 Å². The molecule has 6 nitrogen and oxygen atoms in total. The molecule has 1 aromatic heterocycles. The molecule has 0 spiro atoms. The van der Waals surface area contributed by atoms with E-state index in [0.717, 1.165) is 12.8 Å². The van der Waals surface area contributed by atoms with Crippen molar-refractivity contribution in [2.24, 2.45) is 17.3 Å². The van der Waals surface area contributed by atoms with Crippen molar-refractivity contribution in [1.29, 1.82) is 0 Å². The molecule has 1 saturated carbocycles. The van der Waals surface area contributed by atoms with Gasteiger partial charge < -0.3 is 9.47 Å². The van der Waals surface area contributed by atoms with Gasteiger partial charge in [-0.25, -0.2) is 4.98 Å². The second-order valence-corrected chi connectivity index (χ2v) is 7.62. The van der Waals surface area contributed by atoms with Crippen LogP contribution in [-0.2, 0) is 11.2 Å². The SMILES string of the molecule is CC1(C)CC[C@@H](COc2ccc(OC(F)(F)F)cc2)[C@@H](Cc2ncn[nH]2)C1=O. The number of rotatable bonds is 6. The highest BCUT2D eigenvalue weighted by molar-refractivity contribution is 5.87. The Hall–Kier alpha value is -2.58. The highest BCUT2D eigenvalue weighted by Crippen LogP contribution is 2.40. The summed E-state index contributed by atoms with van der Waals surface area (Å²) in [7, 11) is 0. The number of aromatic amines is 1. The molecule has 9 heteroatoms. The number of aromatic nitrogens is 3. The molecule has 1 aliphatic rings. The highest BCUT2D eigenvalue weighted by atomic mass is 19.4. The zero-order valence-electron chi connectivity index (χ0n) is 15.6. The first-order valence-corrected chi connectivity index (χ1v) is 9.01. The van der Waals surface area contributed by atoms with E-state index in [1.165, 1.54) is 30.6 Å². The topological polar surface area (TPSA) is 77.1 Å². The van der Waals surface area contributed by atoms with Crippen LogP contribution in [0.1, 0.15) is 32.5 Å². The maximum absolute atomic E-state index is 12.9. The van der Waals surface area contributed by atoms with Crippen LogP contribution in [0.3, 0.4) is 0 Å². The van der Waals surface area contributed by atoms with Crippen LogP contribution in [0.4, 0.5) is 13.2 Å². The van der Waals surface area contributed by atoms with Crippen molar-refractivity contribution in [3.63, 3.8) is 0 Å². The summed E-state index contributed by atoms with van der Waals surface area (Å²) >= 11 is 0. The van der Waals surface area contributed by atoms with Crippen LogP contribution in [0.25, 0.3) is 0 Å². The lowest BCUT2D eigenvalue weighted by Crippen LogP contribution is -2.43. The third-order valence-electron chi connectivity index (χ3n) is 5.11. The quantitative estimate of drug-likeness (QED) is 0.799. The van der Waals surface area contributed by atoms with E-state index in [1.54, 1.807) is 0 Å². The number of alkyl halides is 3. The van der Waals surface area contributed by atoms with Gasteiger partial charge in [0, 0.05) is 23.7 Å². The second-order valence-electron chi connectivity index (χ2n) is 7.62. The molecular formula is C19H22F3N3O3. The van der Waals surface area contributed by atoms with Gasteiger partial charge in [-0.15, -0.1) is 13.2 Å². The van der Waals surface area contributed by atoms with Crippen LogP contribution in [0, 0.1) is 17.3 Å². The summed E-state index contributed by atoms with van der Waals surface area (Å²) in [6, 6.07) is 5.23. The average molecular weight is 397 g/mol. The standard InChI is InChI=1S/C19H22F3N3O3/c1-18(2)8-7-12(15(17(18)26)9-16-23-11-24-25-16)10-27-13-3-5-14(6-4-13)28-19(20,21)22/h3-6,11-12,15H,7-10H2,1-2H3,(H,23,24,25)/t12-,15+/m0/s1. The summed E-state index contributed by atoms with van der Waals surface area (Å²) in [5.41, 5.74) is -0.405. The molecule has 0 radical (unpaired) electrons. The van der Waals surface area contributed by atoms with E-state index < -0.39 is 11.8 Å². The van der Waals surface area contributed by atoms with E-state index in [9.17, 15) is 18.0 Å². The van der Waals surface area contributed by atoms with E-state index in [0.29, 0.717) is 24.6 Å². The molecule has 0 saturated heterocycles. The summed E-state index contributed by atoms with van der Waals surface area (Å²) in [6.45, 7) is 4.18. The smallest absolute Gasteiger partial charge is 0.493 e. The number of H-pyrrole nitrogens is 1. The molecule has 1 aliphatic carbocycles. The highest BCUT2D eigenvalue weighted by Gasteiger charge is 2.43. The van der Waals surface area contributed by atoms with Gasteiger partial charge in [-0.1, -0.05) is 13.8 Å². The second kappa shape index (κ2) is 7.81. The van der Waals surface area contributed by atoms with E-state index in [-0.39, 0.29) is 23.4 Å². The predicted molar refractivity (Wildman–Crippen MR) is 93.7 cm³/mol. The average Bonchev–Trinajstić information content (AvgIpc) is 3.12. The molecule has 0 aliphatic heterocycles. The van der Waals surface area contributed by atoms with Crippen molar-refractivity contribution in [2.45, 2.75) is 39.5 Å². The van der Waals surface area contributed by atoms with Gasteiger partial charge in [0.15, 0.2) is 0 Å². The lowest BCUT2D eigenvalue weighted by atomic mass is 9.65. The molecule has 2 atom stereocenters. The minimum atomic E-state index is -4.73. The summed E-state index contributed by atoms with van der Waals surface area (Å²) in [5, 5.41) is 6.62. The van der Waals surface area contributed by atoms with Crippen LogP contribution in [0.2, 0.25) is 0 Å². The fourth-order valence-electron chi connectivity index (χ4n) is 3.52. The number of nitrogens with zero attached hydrogens (tertiary/aromatic N) is 2. The third-order valence-corrected chi connectivity index (χ3v) is 5.11. The number of hydrogen-bond acceptors (Lipinski definition) is 5. The van der Waals surface area contributed by atoms with E-state index in [1.807, 2.05) is 13.8 Å². The van der Waals surface area contributed by atoms with Crippen LogP contribution < -0.4 is 9.47 Å². The summed E-state index contributed by atoms with van der Waals surface area (Å²) in [5.74, 6) is 0.650. The number of ketones is 1. The van der Waals surface area contributed by atoms with Crippen molar-refractivity contribution in [3.8, 4) is 11.5 Å². The Morgan fingerprint density at radius 2 is 1.89 bits per heavy atom. The van der Waals surface area contributed by atoms with E-state index in [2.05, 4.69) is 19.9 Å². The van der Waals surface area contributed by atoms with Crippen LogP contribution in [0.5, 0.6) is 11.5 Å². The fourth-order valence-corrected chi connectivity index (χ4v) is 3.52. The number of hydrogen-bond donors (Lipinski definition) is 1. The molecule has 0 bridgehead atoms. The minimum absolute atomic E-state index is 0.0169. The van der Waals surface area contributed by atoms with Crippen molar-refractivity contribution in [2.75, 3.05) is 6.61 Å². The first kappa shape index (κ1) is 20.2. The van der Waals surface area contributed by atoms with Crippen molar-refractivity contribution < 1.29 is 27.4 Å². The maximum atomic E-state index is 12.9. The molecule has 28 heavy (non-hydrogen) atoms. The number of carbonyl (C=O) groups is 1. The minimum Gasteiger partial charge on any atom is -0.493 e. The molecule has 3 rings (SSSR count). The third kappa shape index (κ3) is 5.02. The maximum Gasteiger partial charge on any atom is 0.573 e. The van der Waals surface area contributed by atoms with Crippen LogP contribution in [-0.4, -0.2) is 33.9 Å². The first-order valence-electron chi connectivity index (χ1n) is 9.01. The Morgan fingerprint density at radius 1 is 1.21 bits per heavy atom. The Bertz CT molecular complexity index is 789. The molecule has 0 unspecified atom stereocenters. The lowest BCUT2D eigenvalue weighted by Gasteiger charge is -2.39. The molecule has 1 N–H and O–H groups in total. The van der Waals surface area contributed by atoms with Gasteiger partial charge in [0.2, 0.25) is 0 Å². The van der Waals surface area contributed by atoms with Gasteiger partial charge in [0.25, 0.3) is 0 Å². The molecule has 1 heterocycles. The van der Waals surface area contributed by atoms with Gasteiger partial charge >= 0.3 is 6.36 Å². The Kier molecular flexibility index (Phi) is 5.62. The van der Waals surface area contributed by atoms with Crippen molar-refractivity contribution >= 4 is 5.78 Å². The van der Waals surface area contributed by atoms with E-state index in [4.69, 9.17) is 4.74 Å². The largest absolute Gasteiger partial charge is 0.573 e. The van der Waals surface area contributed by atoms with Gasteiger partial charge in [0.05, 0.1) is 6.61 Å². The van der Waals surface area contributed by atoms with Crippen LogP contribution in [0.15, 0.2) is 30.6 Å². The summed E-state index contributed by atoms with van der Waals surface area (Å²) < 4.78 is 46.3. The Labute approximate surface area is 160 Å². The monoisotopic (exact) mass is 397 g/mol. The zero-order valence-corrected chi connectivity index (χ0v) is 15.6. The zero-order chi connectivity index (χ0) is 20.4. The van der Waals surface area contributed by atoms with Gasteiger partial charge in [-0.3, -0.25) is 9.89 Å².